The van der Waals surface area contributed by atoms with Crippen molar-refractivity contribution in [2.24, 2.45) is 5.41 Å². The molecule has 1 aliphatic heterocycles. The summed E-state index contributed by atoms with van der Waals surface area (Å²) < 4.78 is 0. The van der Waals surface area contributed by atoms with Crippen LogP contribution in [0.2, 0.25) is 0 Å². The number of hydrogen-bond acceptors (Lipinski definition) is 3. The van der Waals surface area contributed by atoms with Crippen molar-refractivity contribution in [2.75, 3.05) is 39.3 Å². The third-order valence-corrected chi connectivity index (χ3v) is 4.97. The summed E-state index contributed by atoms with van der Waals surface area (Å²) >= 11 is 0. The van der Waals surface area contributed by atoms with E-state index in [1.54, 1.807) is 0 Å². The summed E-state index contributed by atoms with van der Waals surface area (Å²) in [6, 6.07) is 0.942. The second kappa shape index (κ2) is 6.33. The molecule has 1 heterocycles. The van der Waals surface area contributed by atoms with Gasteiger partial charge >= 0.3 is 0 Å². The van der Waals surface area contributed by atoms with E-state index in [0.29, 0.717) is 5.41 Å². The monoisotopic (exact) mass is 281 g/mol. The Morgan fingerprint density at radius 2 is 1.60 bits per heavy atom. The van der Waals surface area contributed by atoms with Gasteiger partial charge in [0.15, 0.2) is 0 Å². The molecule has 0 aromatic rings. The zero-order valence-corrected chi connectivity index (χ0v) is 14.3. The molecule has 1 saturated heterocycles. The van der Waals surface area contributed by atoms with Crippen molar-refractivity contribution in [3.05, 3.63) is 0 Å². The molecule has 3 heteroatoms. The van der Waals surface area contributed by atoms with Crippen LogP contribution in [0.25, 0.3) is 0 Å². The highest BCUT2D eigenvalue weighted by Crippen LogP contribution is 2.29. The Balaban J connectivity index is 1.77. The minimum atomic E-state index is 0.223. The Hall–Kier alpha value is -0.120. The van der Waals surface area contributed by atoms with E-state index in [2.05, 4.69) is 49.7 Å². The minimum absolute atomic E-state index is 0.223. The van der Waals surface area contributed by atoms with Crippen LogP contribution in [0.5, 0.6) is 0 Å². The topological polar surface area (TPSA) is 18.5 Å². The number of nitrogens with zero attached hydrogens (tertiary/aromatic N) is 2. The fourth-order valence-corrected chi connectivity index (χ4v) is 3.04. The molecule has 1 aliphatic carbocycles. The van der Waals surface area contributed by atoms with Gasteiger partial charge in [0.25, 0.3) is 0 Å². The average molecular weight is 281 g/mol. The molecule has 2 aliphatic rings. The van der Waals surface area contributed by atoms with E-state index in [0.717, 1.165) is 12.6 Å². The Kier molecular flexibility index (Phi) is 5.14. The second-order valence-corrected chi connectivity index (χ2v) is 8.31. The van der Waals surface area contributed by atoms with Crippen molar-refractivity contribution in [3.63, 3.8) is 0 Å². The summed E-state index contributed by atoms with van der Waals surface area (Å²) in [5.41, 5.74) is 0.621. The van der Waals surface area contributed by atoms with Gasteiger partial charge in [-0.15, -0.1) is 0 Å². The van der Waals surface area contributed by atoms with Crippen molar-refractivity contribution in [2.45, 2.75) is 65.5 Å². The van der Waals surface area contributed by atoms with E-state index in [9.17, 15) is 0 Å². The Morgan fingerprint density at radius 3 is 2.05 bits per heavy atom. The lowest BCUT2D eigenvalue weighted by Gasteiger charge is -2.41. The van der Waals surface area contributed by atoms with Gasteiger partial charge in [0, 0.05) is 50.8 Å². The predicted octanol–water partition coefficient (Wildman–Crippen LogP) is 2.57. The summed E-state index contributed by atoms with van der Waals surface area (Å²) in [7, 11) is 0. The first-order chi connectivity index (χ1) is 9.31. The molecule has 0 aromatic carbocycles. The van der Waals surface area contributed by atoms with Gasteiger partial charge in [-0.2, -0.15) is 0 Å². The maximum atomic E-state index is 3.70. The lowest BCUT2D eigenvalue weighted by molar-refractivity contribution is 0.0817. The van der Waals surface area contributed by atoms with Crippen LogP contribution in [-0.4, -0.2) is 60.6 Å². The Bertz CT molecular complexity index is 298. The molecule has 0 radical (unpaired) electrons. The molecule has 3 nitrogen and oxygen atoms in total. The Morgan fingerprint density at radius 1 is 1.00 bits per heavy atom. The summed E-state index contributed by atoms with van der Waals surface area (Å²) in [4.78, 5) is 5.39. The summed E-state index contributed by atoms with van der Waals surface area (Å²) in [5.74, 6) is 0. The van der Waals surface area contributed by atoms with Gasteiger partial charge in [0.05, 0.1) is 0 Å². The molecule has 0 aromatic heterocycles. The van der Waals surface area contributed by atoms with Gasteiger partial charge in [0.1, 0.15) is 0 Å². The SMILES string of the molecule is CCC(C)(CNC(C)(C)C)CN1CCN(C2CC2)CC1. The average Bonchev–Trinajstić information content (AvgIpc) is 3.21. The Labute approximate surface area is 126 Å². The molecule has 0 bridgehead atoms. The van der Waals surface area contributed by atoms with Gasteiger partial charge in [-0.1, -0.05) is 13.8 Å². The first-order valence-electron chi connectivity index (χ1n) is 8.53. The molecule has 1 atom stereocenters. The van der Waals surface area contributed by atoms with Crippen LogP contribution in [0.15, 0.2) is 0 Å². The van der Waals surface area contributed by atoms with Gasteiger partial charge in [-0.05, 0) is 45.4 Å². The van der Waals surface area contributed by atoms with Crippen LogP contribution in [-0.2, 0) is 0 Å². The van der Waals surface area contributed by atoms with Gasteiger partial charge in [-0.25, -0.2) is 0 Å². The standard InChI is InChI=1S/C17H35N3/c1-6-17(5,13-18-16(2,3)4)14-19-9-11-20(12-10-19)15-7-8-15/h15,18H,6-14H2,1-5H3. The lowest BCUT2D eigenvalue weighted by atomic mass is 9.85. The molecule has 1 N–H and O–H groups in total. The van der Waals surface area contributed by atoms with Crippen LogP contribution in [0, 0.1) is 5.41 Å². The molecule has 1 unspecified atom stereocenters. The third-order valence-electron chi connectivity index (χ3n) is 4.97. The van der Waals surface area contributed by atoms with Gasteiger partial charge in [0.2, 0.25) is 0 Å². The van der Waals surface area contributed by atoms with Crippen molar-refractivity contribution >= 4 is 0 Å². The zero-order chi connectivity index (χ0) is 14.8. The number of piperazine rings is 1. The number of rotatable bonds is 6. The molecule has 0 spiro atoms. The van der Waals surface area contributed by atoms with Gasteiger partial charge < -0.3 is 10.2 Å². The molecular formula is C17H35N3. The van der Waals surface area contributed by atoms with E-state index >= 15 is 0 Å². The molecule has 1 saturated carbocycles. The van der Waals surface area contributed by atoms with Crippen LogP contribution >= 0.6 is 0 Å². The zero-order valence-electron chi connectivity index (χ0n) is 14.3. The molecule has 0 amide bonds. The largest absolute Gasteiger partial charge is 0.311 e. The summed E-state index contributed by atoms with van der Waals surface area (Å²) in [6.07, 6.45) is 4.14. The maximum absolute atomic E-state index is 3.70. The fourth-order valence-electron chi connectivity index (χ4n) is 3.04. The van der Waals surface area contributed by atoms with Crippen molar-refractivity contribution in [1.82, 2.24) is 15.1 Å². The van der Waals surface area contributed by atoms with Crippen molar-refractivity contribution in [3.8, 4) is 0 Å². The second-order valence-electron chi connectivity index (χ2n) is 8.31. The molecule has 2 rings (SSSR count). The van der Waals surface area contributed by atoms with Gasteiger partial charge in [-0.3, -0.25) is 4.90 Å². The fraction of sp³-hybridized carbons (Fsp3) is 1.00. The molecule has 118 valence electrons. The smallest absolute Gasteiger partial charge is 0.0113 e. The molecule has 2 fully saturated rings. The highest BCUT2D eigenvalue weighted by Gasteiger charge is 2.33. The summed E-state index contributed by atoms with van der Waals surface area (Å²) in [5, 5.41) is 3.70. The first kappa shape index (κ1) is 16.3. The van der Waals surface area contributed by atoms with Crippen LogP contribution in [0.4, 0.5) is 0 Å². The maximum Gasteiger partial charge on any atom is 0.0113 e. The van der Waals surface area contributed by atoms with Crippen molar-refractivity contribution < 1.29 is 0 Å². The lowest BCUT2D eigenvalue weighted by Crippen LogP contribution is -2.52. The number of nitrogens with one attached hydrogen (secondary N) is 1. The van der Waals surface area contributed by atoms with Crippen LogP contribution in [0.3, 0.4) is 0 Å². The summed E-state index contributed by atoms with van der Waals surface area (Å²) in [6.45, 7) is 19.0. The van der Waals surface area contributed by atoms with E-state index in [1.807, 2.05) is 0 Å². The normalized spacial score (nSPS) is 25.6. The van der Waals surface area contributed by atoms with E-state index in [1.165, 1.54) is 52.0 Å². The van der Waals surface area contributed by atoms with Crippen LogP contribution in [0.1, 0.15) is 53.9 Å². The predicted molar refractivity (Wildman–Crippen MR) is 87.2 cm³/mol. The third kappa shape index (κ3) is 5.01. The highest BCUT2D eigenvalue weighted by molar-refractivity contribution is 4.89. The van der Waals surface area contributed by atoms with E-state index in [-0.39, 0.29) is 5.54 Å². The van der Waals surface area contributed by atoms with Crippen molar-refractivity contribution in [1.29, 1.82) is 0 Å². The van der Waals surface area contributed by atoms with E-state index < -0.39 is 0 Å². The quantitative estimate of drug-likeness (QED) is 0.807. The number of hydrogen-bond donors (Lipinski definition) is 1. The highest BCUT2D eigenvalue weighted by atomic mass is 15.3. The van der Waals surface area contributed by atoms with E-state index in [4.69, 9.17) is 0 Å². The minimum Gasteiger partial charge on any atom is -0.311 e. The molecule has 20 heavy (non-hydrogen) atoms. The van der Waals surface area contributed by atoms with Crippen LogP contribution < -0.4 is 5.32 Å². The molecular weight excluding hydrogens is 246 g/mol. The first-order valence-corrected chi connectivity index (χ1v) is 8.53.